The molecule has 6 nitrogen and oxygen atoms in total. The Morgan fingerprint density at radius 1 is 0.833 bits per heavy atom. The van der Waals surface area contributed by atoms with Gasteiger partial charge in [0.15, 0.2) is 0 Å². The van der Waals surface area contributed by atoms with E-state index in [1.807, 2.05) is 24.3 Å². The first-order chi connectivity index (χ1) is 17.4. The average Bonchev–Trinajstić information content (AvgIpc) is 2.88. The van der Waals surface area contributed by atoms with Crippen molar-refractivity contribution in [2.45, 2.75) is 6.61 Å². The van der Waals surface area contributed by atoms with E-state index in [0.717, 1.165) is 21.2 Å². The Labute approximate surface area is 216 Å². The second-order valence-electron chi connectivity index (χ2n) is 8.05. The molecule has 4 aromatic carbocycles. The van der Waals surface area contributed by atoms with E-state index in [0.29, 0.717) is 17.9 Å². The molecule has 0 bridgehead atoms. The van der Waals surface area contributed by atoms with Gasteiger partial charge in [0.1, 0.15) is 17.9 Å². The van der Waals surface area contributed by atoms with Crippen LogP contribution in [0.5, 0.6) is 5.75 Å². The zero-order chi connectivity index (χ0) is 25.2. The van der Waals surface area contributed by atoms with Gasteiger partial charge in [-0.1, -0.05) is 77.8 Å². The number of amides is 4. The highest BCUT2D eigenvalue weighted by atomic mass is 35.5. The zero-order valence-corrected chi connectivity index (χ0v) is 20.2. The van der Waals surface area contributed by atoms with Crippen molar-refractivity contribution in [1.29, 1.82) is 0 Å². The quantitative estimate of drug-likeness (QED) is 0.246. The highest BCUT2D eigenvalue weighted by Gasteiger charge is 2.37. The molecule has 1 fully saturated rings. The normalized spacial score (nSPS) is 14.9. The largest absolute Gasteiger partial charge is 0.489 e. The minimum absolute atomic E-state index is 0.177. The lowest BCUT2D eigenvalue weighted by atomic mass is 10.1. The number of nitrogens with zero attached hydrogens (tertiary/aromatic N) is 1. The van der Waals surface area contributed by atoms with Crippen molar-refractivity contribution in [3.05, 3.63) is 112 Å². The molecule has 1 aliphatic heterocycles. The van der Waals surface area contributed by atoms with E-state index in [-0.39, 0.29) is 21.3 Å². The fourth-order valence-corrected chi connectivity index (χ4v) is 4.21. The first-order valence-corrected chi connectivity index (χ1v) is 11.7. The van der Waals surface area contributed by atoms with Gasteiger partial charge in [-0.05, 0) is 58.3 Å². The summed E-state index contributed by atoms with van der Waals surface area (Å²) in [6.07, 6.45) is 1.42. The van der Waals surface area contributed by atoms with Crippen molar-refractivity contribution in [3.63, 3.8) is 0 Å². The van der Waals surface area contributed by atoms with Crippen LogP contribution in [0.3, 0.4) is 0 Å². The van der Waals surface area contributed by atoms with Gasteiger partial charge >= 0.3 is 6.03 Å². The number of ether oxygens (including phenoxy) is 1. The molecular weight excluding hydrogens is 499 g/mol. The summed E-state index contributed by atoms with van der Waals surface area (Å²) in [4.78, 5) is 38.7. The summed E-state index contributed by atoms with van der Waals surface area (Å²) >= 11 is 12.0. The fourth-order valence-electron chi connectivity index (χ4n) is 3.92. The van der Waals surface area contributed by atoms with Gasteiger partial charge in [-0.15, -0.1) is 0 Å². The Balaban J connectivity index is 1.34. The topological polar surface area (TPSA) is 75.7 Å². The van der Waals surface area contributed by atoms with Crippen molar-refractivity contribution in [3.8, 4) is 5.75 Å². The maximum Gasteiger partial charge on any atom is 0.335 e. The monoisotopic (exact) mass is 516 g/mol. The van der Waals surface area contributed by atoms with E-state index >= 15 is 0 Å². The van der Waals surface area contributed by atoms with Crippen molar-refractivity contribution >= 4 is 63.6 Å². The van der Waals surface area contributed by atoms with Crippen molar-refractivity contribution in [1.82, 2.24) is 5.32 Å². The molecule has 1 saturated heterocycles. The Bertz CT molecular complexity index is 1540. The molecular formula is C28H18Cl2N2O4. The van der Waals surface area contributed by atoms with Gasteiger partial charge in [0.2, 0.25) is 0 Å². The maximum absolute atomic E-state index is 13.1. The lowest BCUT2D eigenvalue weighted by Crippen LogP contribution is -2.54. The number of anilines is 1. The van der Waals surface area contributed by atoms with E-state index in [1.54, 1.807) is 24.3 Å². The van der Waals surface area contributed by atoms with Crippen LogP contribution in [0.2, 0.25) is 10.0 Å². The first-order valence-electron chi connectivity index (χ1n) is 11.0. The number of hydrogen-bond donors (Lipinski definition) is 1. The molecule has 0 radical (unpaired) electrons. The van der Waals surface area contributed by atoms with Crippen LogP contribution in [0.15, 0.2) is 90.5 Å². The van der Waals surface area contributed by atoms with Crippen molar-refractivity contribution < 1.29 is 19.1 Å². The fraction of sp³-hybridized carbons (Fsp3) is 0.0357. The lowest BCUT2D eigenvalue weighted by Gasteiger charge is -2.26. The molecule has 0 unspecified atom stereocenters. The molecule has 0 atom stereocenters. The van der Waals surface area contributed by atoms with Crippen LogP contribution in [0.1, 0.15) is 11.1 Å². The van der Waals surface area contributed by atoms with Crippen LogP contribution in [0.4, 0.5) is 10.5 Å². The van der Waals surface area contributed by atoms with E-state index in [9.17, 15) is 14.4 Å². The van der Waals surface area contributed by atoms with Gasteiger partial charge in [0, 0.05) is 0 Å². The molecule has 4 aromatic rings. The number of benzene rings is 4. The molecule has 0 aromatic heterocycles. The number of hydrogen-bond acceptors (Lipinski definition) is 4. The van der Waals surface area contributed by atoms with Crippen LogP contribution in [-0.2, 0) is 16.2 Å². The standard InChI is InChI=1S/C28H18Cl2N2O4/c29-24-13-10-20(15-25(24)30)32-27(34)23(26(33)31-28(32)35)14-17-8-11-21(12-9-17)36-16-19-6-3-5-18-4-1-2-7-22(18)19/h1-15H,16H2,(H,31,33,35)/b23-14+. The molecule has 5 rings (SSSR count). The molecule has 0 saturated carbocycles. The van der Waals surface area contributed by atoms with Crippen molar-refractivity contribution in [2.24, 2.45) is 0 Å². The van der Waals surface area contributed by atoms with E-state index < -0.39 is 17.8 Å². The van der Waals surface area contributed by atoms with Crippen molar-refractivity contribution in [2.75, 3.05) is 4.90 Å². The molecule has 0 aliphatic carbocycles. The number of halogens is 2. The molecule has 1 heterocycles. The summed E-state index contributed by atoms with van der Waals surface area (Å²) in [5, 5.41) is 4.91. The highest BCUT2D eigenvalue weighted by molar-refractivity contribution is 6.43. The SMILES string of the molecule is O=C1NC(=O)N(c2ccc(Cl)c(Cl)c2)C(=O)/C1=C/c1ccc(OCc2cccc3ccccc23)cc1. The van der Waals surface area contributed by atoms with Crippen LogP contribution in [0.25, 0.3) is 16.8 Å². The second kappa shape index (κ2) is 9.85. The predicted octanol–water partition coefficient (Wildman–Crippen LogP) is 6.39. The Morgan fingerprint density at radius 2 is 1.58 bits per heavy atom. The maximum atomic E-state index is 13.1. The van der Waals surface area contributed by atoms with Gasteiger partial charge < -0.3 is 4.74 Å². The van der Waals surface area contributed by atoms with Crippen LogP contribution < -0.4 is 15.0 Å². The van der Waals surface area contributed by atoms with E-state index in [1.165, 1.54) is 24.3 Å². The van der Waals surface area contributed by atoms with E-state index in [4.69, 9.17) is 27.9 Å². The second-order valence-corrected chi connectivity index (χ2v) is 8.87. The number of fused-ring (bicyclic) bond motifs is 1. The third kappa shape index (κ3) is 4.69. The minimum Gasteiger partial charge on any atom is -0.489 e. The Kier molecular flexibility index (Phi) is 6.46. The number of rotatable bonds is 5. The molecule has 178 valence electrons. The van der Waals surface area contributed by atoms with Gasteiger partial charge in [-0.2, -0.15) is 0 Å². The van der Waals surface area contributed by atoms with E-state index in [2.05, 4.69) is 23.5 Å². The van der Waals surface area contributed by atoms with Crippen LogP contribution >= 0.6 is 23.2 Å². The summed E-state index contributed by atoms with van der Waals surface area (Å²) in [7, 11) is 0. The Morgan fingerprint density at radius 3 is 2.36 bits per heavy atom. The van der Waals surface area contributed by atoms with Gasteiger partial charge in [-0.25, -0.2) is 9.69 Å². The third-order valence-corrected chi connectivity index (χ3v) is 6.47. The molecule has 8 heteroatoms. The number of carbonyl (C=O) groups is 3. The van der Waals surface area contributed by atoms with Gasteiger partial charge in [0.25, 0.3) is 11.8 Å². The zero-order valence-electron chi connectivity index (χ0n) is 18.7. The summed E-state index contributed by atoms with van der Waals surface area (Å²) in [5.74, 6) is -0.909. The lowest BCUT2D eigenvalue weighted by molar-refractivity contribution is -0.122. The van der Waals surface area contributed by atoms with Crippen LogP contribution in [-0.4, -0.2) is 17.8 Å². The number of urea groups is 1. The summed E-state index contributed by atoms with van der Waals surface area (Å²) < 4.78 is 5.95. The Hall–Kier alpha value is -4.13. The third-order valence-electron chi connectivity index (χ3n) is 5.73. The minimum atomic E-state index is -0.863. The number of imide groups is 2. The number of barbiturate groups is 1. The van der Waals surface area contributed by atoms with Gasteiger partial charge in [0.05, 0.1) is 15.7 Å². The molecule has 1 N–H and O–H groups in total. The first kappa shape index (κ1) is 23.6. The van der Waals surface area contributed by atoms with Crippen LogP contribution in [0, 0.1) is 0 Å². The molecule has 0 spiro atoms. The van der Waals surface area contributed by atoms with Gasteiger partial charge in [-0.3, -0.25) is 14.9 Å². The molecule has 1 aliphatic rings. The molecule has 4 amide bonds. The summed E-state index contributed by atoms with van der Waals surface area (Å²) in [6, 6.07) is 24.6. The smallest absolute Gasteiger partial charge is 0.335 e. The predicted molar refractivity (Wildman–Crippen MR) is 140 cm³/mol. The number of carbonyl (C=O) groups excluding carboxylic acids is 3. The number of nitrogens with one attached hydrogen (secondary N) is 1. The summed E-state index contributed by atoms with van der Waals surface area (Å²) in [5.41, 5.74) is 1.66. The molecule has 36 heavy (non-hydrogen) atoms. The summed E-state index contributed by atoms with van der Waals surface area (Å²) in [6.45, 7) is 0.392. The highest BCUT2D eigenvalue weighted by Crippen LogP contribution is 2.29. The average molecular weight is 517 g/mol.